The molecule has 1 nitrogen and oxygen atoms in total. The van der Waals surface area contributed by atoms with Gasteiger partial charge in [0.05, 0.1) is 0 Å². The van der Waals surface area contributed by atoms with Crippen molar-refractivity contribution in [2.45, 2.75) is 136 Å². The van der Waals surface area contributed by atoms with Crippen LogP contribution in [0.15, 0.2) is 0 Å². The number of nitrogens with two attached hydrogens (primary N) is 1. The van der Waals surface area contributed by atoms with E-state index in [2.05, 4.69) is 27.7 Å². The van der Waals surface area contributed by atoms with Gasteiger partial charge in [0.15, 0.2) is 0 Å². The molecule has 0 saturated carbocycles. The monoisotopic (exact) mass is 361 g/mol. The van der Waals surface area contributed by atoms with Crippen molar-refractivity contribution in [1.82, 2.24) is 0 Å². The Hall–Kier alpha value is 0.250. The average molecular weight is 362 g/mol. The Labute approximate surface area is 160 Å². The van der Waals surface area contributed by atoms with Gasteiger partial charge < -0.3 is 5.73 Å². The zero-order chi connectivity index (χ0) is 17.4. The minimum absolute atomic E-state index is 0. The van der Waals surface area contributed by atoms with Crippen molar-refractivity contribution in [3.8, 4) is 0 Å². The molecule has 0 bridgehead atoms. The van der Waals surface area contributed by atoms with Gasteiger partial charge in [-0.1, -0.05) is 105 Å². The first-order valence-electron chi connectivity index (χ1n) is 10.9. The minimum atomic E-state index is 0. The standard InChI is InChI=1S/C22H47N.ClH/c1-5-9-13-14-15-16-18-21(17-10-6-2)22(23,19-11-7-3)20-12-8-4;/h21H,5-20,23H2,1-4H3;1H. The van der Waals surface area contributed by atoms with E-state index in [0.29, 0.717) is 0 Å². The average Bonchev–Trinajstić information content (AvgIpc) is 2.56. The van der Waals surface area contributed by atoms with Crippen molar-refractivity contribution in [3.05, 3.63) is 0 Å². The smallest absolute Gasteiger partial charge is 0.0182 e. The van der Waals surface area contributed by atoms with Crippen molar-refractivity contribution in [1.29, 1.82) is 0 Å². The molecular formula is C22H48ClN. The highest BCUT2D eigenvalue weighted by Gasteiger charge is 2.32. The van der Waals surface area contributed by atoms with Crippen LogP contribution in [0.1, 0.15) is 130 Å². The molecule has 0 rings (SSSR count). The second-order valence-electron chi connectivity index (χ2n) is 7.84. The highest BCUT2D eigenvalue weighted by molar-refractivity contribution is 5.85. The molecule has 0 aromatic carbocycles. The van der Waals surface area contributed by atoms with Gasteiger partial charge in [0.25, 0.3) is 0 Å². The Morgan fingerprint density at radius 2 is 1.00 bits per heavy atom. The van der Waals surface area contributed by atoms with Crippen LogP contribution < -0.4 is 5.73 Å². The SMILES string of the molecule is CCCCCCCCC(CCCC)C(N)(CCCC)CCCC.Cl. The van der Waals surface area contributed by atoms with E-state index in [4.69, 9.17) is 5.73 Å². The summed E-state index contributed by atoms with van der Waals surface area (Å²) in [6.45, 7) is 9.22. The molecule has 0 aromatic rings. The van der Waals surface area contributed by atoms with E-state index in [-0.39, 0.29) is 17.9 Å². The van der Waals surface area contributed by atoms with E-state index in [1.54, 1.807) is 0 Å². The van der Waals surface area contributed by atoms with Crippen LogP contribution in [0.25, 0.3) is 0 Å². The molecule has 0 fully saturated rings. The van der Waals surface area contributed by atoms with Gasteiger partial charge in [-0.25, -0.2) is 0 Å². The number of unbranched alkanes of at least 4 members (excludes halogenated alkanes) is 8. The lowest BCUT2D eigenvalue weighted by Gasteiger charge is -2.39. The predicted octanol–water partition coefficient (Wildman–Crippen LogP) is 8.04. The molecule has 148 valence electrons. The van der Waals surface area contributed by atoms with E-state index in [0.717, 1.165) is 5.92 Å². The highest BCUT2D eigenvalue weighted by atomic mass is 35.5. The third-order valence-electron chi connectivity index (χ3n) is 5.62. The van der Waals surface area contributed by atoms with Gasteiger partial charge in [0, 0.05) is 5.54 Å². The molecular weight excluding hydrogens is 314 g/mol. The van der Waals surface area contributed by atoms with Gasteiger partial charge in [0.2, 0.25) is 0 Å². The Kier molecular flexibility index (Phi) is 19.9. The van der Waals surface area contributed by atoms with Gasteiger partial charge in [-0.05, 0) is 31.6 Å². The summed E-state index contributed by atoms with van der Waals surface area (Å²) in [5.74, 6) is 0.756. The topological polar surface area (TPSA) is 26.0 Å². The quantitative estimate of drug-likeness (QED) is 0.260. The van der Waals surface area contributed by atoms with E-state index >= 15 is 0 Å². The first-order chi connectivity index (χ1) is 11.1. The normalized spacial score (nSPS) is 12.9. The largest absolute Gasteiger partial charge is 0.325 e. The number of hydrogen-bond donors (Lipinski definition) is 1. The molecule has 0 spiro atoms. The fourth-order valence-electron chi connectivity index (χ4n) is 3.89. The van der Waals surface area contributed by atoms with E-state index < -0.39 is 0 Å². The Morgan fingerprint density at radius 1 is 0.583 bits per heavy atom. The fraction of sp³-hybridized carbons (Fsp3) is 1.00. The first kappa shape index (κ1) is 26.5. The predicted molar refractivity (Wildman–Crippen MR) is 114 cm³/mol. The van der Waals surface area contributed by atoms with Crippen molar-refractivity contribution >= 4 is 12.4 Å². The number of hydrogen-bond acceptors (Lipinski definition) is 1. The van der Waals surface area contributed by atoms with E-state index in [1.807, 2.05) is 0 Å². The van der Waals surface area contributed by atoms with Crippen LogP contribution in [-0.4, -0.2) is 5.54 Å². The van der Waals surface area contributed by atoms with Crippen LogP contribution in [0.4, 0.5) is 0 Å². The third-order valence-corrected chi connectivity index (χ3v) is 5.62. The molecule has 0 aliphatic rings. The minimum Gasteiger partial charge on any atom is -0.325 e. The second kappa shape index (κ2) is 18.1. The first-order valence-corrected chi connectivity index (χ1v) is 10.9. The van der Waals surface area contributed by atoms with Gasteiger partial charge in [-0.3, -0.25) is 0 Å². The van der Waals surface area contributed by atoms with E-state index in [9.17, 15) is 0 Å². The van der Waals surface area contributed by atoms with Crippen LogP contribution in [0.3, 0.4) is 0 Å². The summed E-state index contributed by atoms with van der Waals surface area (Å²) in [7, 11) is 0. The lowest BCUT2D eigenvalue weighted by Crippen LogP contribution is -2.47. The summed E-state index contributed by atoms with van der Waals surface area (Å²) in [5, 5.41) is 0. The van der Waals surface area contributed by atoms with Gasteiger partial charge in [0.1, 0.15) is 0 Å². The molecule has 0 aliphatic heterocycles. The van der Waals surface area contributed by atoms with Crippen molar-refractivity contribution < 1.29 is 0 Å². The molecule has 2 heteroatoms. The lowest BCUT2D eigenvalue weighted by molar-refractivity contribution is 0.193. The molecule has 24 heavy (non-hydrogen) atoms. The Balaban J connectivity index is 0. The summed E-state index contributed by atoms with van der Waals surface area (Å²) in [4.78, 5) is 0. The summed E-state index contributed by atoms with van der Waals surface area (Å²) in [6, 6.07) is 0. The van der Waals surface area contributed by atoms with Crippen LogP contribution in [-0.2, 0) is 0 Å². The third kappa shape index (κ3) is 12.6. The van der Waals surface area contributed by atoms with Crippen molar-refractivity contribution in [2.24, 2.45) is 11.7 Å². The Bertz CT molecular complexity index is 234. The second-order valence-corrected chi connectivity index (χ2v) is 7.84. The van der Waals surface area contributed by atoms with E-state index in [1.165, 1.54) is 103 Å². The molecule has 0 heterocycles. The summed E-state index contributed by atoms with van der Waals surface area (Å²) in [5.41, 5.74) is 7.13. The molecule has 2 N–H and O–H groups in total. The summed E-state index contributed by atoms with van der Waals surface area (Å²) >= 11 is 0. The van der Waals surface area contributed by atoms with Crippen LogP contribution in [0, 0.1) is 5.92 Å². The van der Waals surface area contributed by atoms with Crippen molar-refractivity contribution in [3.63, 3.8) is 0 Å². The zero-order valence-electron chi connectivity index (χ0n) is 17.4. The number of rotatable bonds is 17. The van der Waals surface area contributed by atoms with Gasteiger partial charge in [-0.15, -0.1) is 12.4 Å². The van der Waals surface area contributed by atoms with Crippen LogP contribution >= 0.6 is 12.4 Å². The zero-order valence-corrected chi connectivity index (χ0v) is 18.2. The maximum Gasteiger partial charge on any atom is 0.0182 e. The van der Waals surface area contributed by atoms with Crippen LogP contribution in [0.2, 0.25) is 0 Å². The molecule has 0 aliphatic carbocycles. The summed E-state index contributed by atoms with van der Waals surface area (Å²) in [6.07, 6.45) is 21.5. The Morgan fingerprint density at radius 3 is 1.50 bits per heavy atom. The maximum atomic E-state index is 7.02. The maximum absolute atomic E-state index is 7.02. The molecule has 1 unspecified atom stereocenters. The highest BCUT2D eigenvalue weighted by Crippen LogP contribution is 2.34. The molecule has 0 amide bonds. The molecule has 1 atom stereocenters. The number of halogens is 1. The molecule has 0 saturated heterocycles. The van der Waals surface area contributed by atoms with Crippen molar-refractivity contribution in [2.75, 3.05) is 0 Å². The molecule has 0 aromatic heterocycles. The van der Waals surface area contributed by atoms with Gasteiger partial charge in [-0.2, -0.15) is 0 Å². The van der Waals surface area contributed by atoms with Crippen LogP contribution in [0.5, 0.6) is 0 Å². The van der Waals surface area contributed by atoms with Gasteiger partial charge >= 0.3 is 0 Å². The lowest BCUT2D eigenvalue weighted by atomic mass is 9.72. The summed E-state index contributed by atoms with van der Waals surface area (Å²) < 4.78 is 0. The molecule has 0 radical (unpaired) electrons. The fourth-order valence-corrected chi connectivity index (χ4v) is 3.89.